The van der Waals surface area contributed by atoms with E-state index in [-0.39, 0.29) is 22.3 Å². The summed E-state index contributed by atoms with van der Waals surface area (Å²) in [5.41, 5.74) is -0.398. The first kappa shape index (κ1) is 9.13. The number of pyridine rings is 1. The molecule has 76 valence electrons. The van der Waals surface area contributed by atoms with Crippen LogP contribution in [-0.2, 0) is 0 Å². The predicted molar refractivity (Wildman–Crippen MR) is 47.8 cm³/mol. The fourth-order valence-electron chi connectivity index (χ4n) is 1.22. The molecule has 0 aliphatic heterocycles. The van der Waals surface area contributed by atoms with Crippen molar-refractivity contribution in [3.8, 4) is 0 Å². The molecule has 7 heteroatoms. The highest BCUT2D eigenvalue weighted by molar-refractivity contribution is 6.02. The van der Waals surface area contributed by atoms with Gasteiger partial charge in [-0.05, 0) is 6.07 Å². The summed E-state index contributed by atoms with van der Waals surface area (Å²) in [5.74, 6) is -2.58. The number of rotatable bonds is 2. The van der Waals surface area contributed by atoms with Crippen molar-refractivity contribution in [3.63, 3.8) is 0 Å². The Labute approximate surface area is 82.4 Å². The molecule has 0 spiro atoms. The molecular weight excluding hydrogens is 202 g/mol. The average Bonchev–Trinajstić information content (AvgIpc) is 2.62. The van der Waals surface area contributed by atoms with Crippen molar-refractivity contribution < 1.29 is 19.8 Å². The van der Waals surface area contributed by atoms with Crippen molar-refractivity contribution in [2.75, 3.05) is 0 Å². The van der Waals surface area contributed by atoms with Gasteiger partial charge in [0.05, 0.1) is 10.9 Å². The van der Waals surface area contributed by atoms with Gasteiger partial charge in [0.25, 0.3) is 0 Å². The molecule has 0 aliphatic rings. The first-order chi connectivity index (χ1) is 7.09. The van der Waals surface area contributed by atoms with Crippen LogP contribution in [0, 0.1) is 0 Å². The summed E-state index contributed by atoms with van der Waals surface area (Å²) in [5, 5.41) is 24.0. The second-order valence-electron chi connectivity index (χ2n) is 2.78. The lowest BCUT2D eigenvalue weighted by Crippen LogP contribution is -2.07. The van der Waals surface area contributed by atoms with E-state index in [0.717, 1.165) is 0 Å². The minimum absolute atomic E-state index is 0.264. The molecule has 7 nitrogen and oxygen atoms in total. The van der Waals surface area contributed by atoms with Crippen molar-refractivity contribution in [1.29, 1.82) is 0 Å². The third-order valence-corrected chi connectivity index (χ3v) is 1.85. The minimum atomic E-state index is -1.29. The zero-order valence-electron chi connectivity index (χ0n) is 7.26. The maximum atomic E-state index is 10.8. The van der Waals surface area contributed by atoms with Crippen molar-refractivity contribution >= 4 is 22.8 Å². The SMILES string of the molecule is O=C(O)c1cc2n[nH]cc2c(C(=O)O)n1. The molecule has 3 N–H and O–H groups in total. The van der Waals surface area contributed by atoms with Gasteiger partial charge >= 0.3 is 11.9 Å². The van der Waals surface area contributed by atoms with Crippen LogP contribution in [0.5, 0.6) is 0 Å². The van der Waals surface area contributed by atoms with Crippen LogP contribution in [-0.4, -0.2) is 37.3 Å². The summed E-state index contributed by atoms with van der Waals surface area (Å²) >= 11 is 0. The summed E-state index contributed by atoms with van der Waals surface area (Å²) in [6.07, 6.45) is 1.36. The van der Waals surface area contributed by atoms with Crippen LogP contribution in [0.4, 0.5) is 0 Å². The van der Waals surface area contributed by atoms with Crippen LogP contribution in [0.2, 0.25) is 0 Å². The first-order valence-corrected chi connectivity index (χ1v) is 3.90. The highest BCUT2D eigenvalue weighted by Gasteiger charge is 2.16. The van der Waals surface area contributed by atoms with E-state index < -0.39 is 11.9 Å². The highest BCUT2D eigenvalue weighted by atomic mass is 16.4. The fraction of sp³-hybridized carbons (Fsp3) is 0. The van der Waals surface area contributed by atoms with Gasteiger partial charge in [0.2, 0.25) is 0 Å². The molecule has 2 heterocycles. The molecule has 0 aromatic carbocycles. The molecule has 0 saturated heterocycles. The van der Waals surface area contributed by atoms with Gasteiger partial charge in [0.1, 0.15) is 0 Å². The molecule has 0 bridgehead atoms. The van der Waals surface area contributed by atoms with Crippen LogP contribution in [0.15, 0.2) is 12.3 Å². The number of carboxylic acids is 2. The smallest absolute Gasteiger partial charge is 0.355 e. The molecule has 0 saturated carbocycles. The number of aromatic carboxylic acids is 2. The summed E-state index contributed by atoms with van der Waals surface area (Å²) in [7, 11) is 0. The number of fused-ring (bicyclic) bond motifs is 1. The molecule has 0 unspecified atom stereocenters. The number of hydrogen-bond acceptors (Lipinski definition) is 4. The molecule has 15 heavy (non-hydrogen) atoms. The summed E-state index contributed by atoms with van der Waals surface area (Å²) in [6.45, 7) is 0. The number of H-pyrrole nitrogens is 1. The Morgan fingerprint density at radius 3 is 2.60 bits per heavy atom. The monoisotopic (exact) mass is 207 g/mol. The van der Waals surface area contributed by atoms with E-state index in [1.54, 1.807) is 0 Å². The summed E-state index contributed by atoms with van der Waals surface area (Å²) in [6, 6.07) is 1.21. The van der Waals surface area contributed by atoms with Crippen LogP contribution < -0.4 is 0 Å². The Morgan fingerprint density at radius 1 is 1.27 bits per heavy atom. The van der Waals surface area contributed by atoms with Crippen molar-refractivity contribution in [2.24, 2.45) is 0 Å². The molecule has 2 aromatic rings. The number of hydrogen-bond donors (Lipinski definition) is 3. The van der Waals surface area contributed by atoms with E-state index in [1.807, 2.05) is 0 Å². The number of nitrogens with one attached hydrogen (secondary N) is 1. The third kappa shape index (κ3) is 1.39. The Bertz CT molecular complexity index is 560. The van der Waals surface area contributed by atoms with Crippen molar-refractivity contribution in [1.82, 2.24) is 15.2 Å². The van der Waals surface area contributed by atoms with Gasteiger partial charge in [-0.3, -0.25) is 5.10 Å². The van der Waals surface area contributed by atoms with Gasteiger partial charge in [-0.2, -0.15) is 5.10 Å². The van der Waals surface area contributed by atoms with Crippen LogP contribution in [0.3, 0.4) is 0 Å². The van der Waals surface area contributed by atoms with Crippen molar-refractivity contribution in [3.05, 3.63) is 23.7 Å². The summed E-state index contributed by atoms with van der Waals surface area (Å²) in [4.78, 5) is 25.0. The highest BCUT2D eigenvalue weighted by Crippen LogP contribution is 2.15. The number of nitrogens with zero attached hydrogens (tertiary/aromatic N) is 2. The standard InChI is InChI=1S/C8H5N3O4/c12-7(13)5-1-4-3(2-9-11-4)6(10-5)8(14)15/h1-2H,(H,9,11)(H,12,13)(H,14,15). The molecule has 0 aliphatic carbocycles. The average molecular weight is 207 g/mol. The van der Waals surface area contributed by atoms with E-state index in [4.69, 9.17) is 10.2 Å². The second-order valence-corrected chi connectivity index (χ2v) is 2.78. The third-order valence-electron chi connectivity index (χ3n) is 1.85. The molecule has 0 fully saturated rings. The maximum absolute atomic E-state index is 10.8. The predicted octanol–water partition coefficient (Wildman–Crippen LogP) is 0.354. The van der Waals surface area contributed by atoms with E-state index in [0.29, 0.717) is 0 Å². The van der Waals surface area contributed by atoms with Gasteiger partial charge in [0, 0.05) is 6.20 Å². The Morgan fingerprint density at radius 2 is 2.00 bits per heavy atom. The van der Waals surface area contributed by atoms with Crippen LogP contribution in [0.1, 0.15) is 21.0 Å². The Hall–Kier alpha value is -2.44. The number of carboxylic acid groups (broad SMARTS) is 2. The maximum Gasteiger partial charge on any atom is 0.355 e. The lowest BCUT2D eigenvalue weighted by molar-refractivity contribution is 0.0687. The van der Waals surface area contributed by atoms with Crippen LogP contribution >= 0.6 is 0 Å². The lowest BCUT2D eigenvalue weighted by atomic mass is 10.2. The van der Waals surface area contributed by atoms with E-state index in [1.165, 1.54) is 12.3 Å². The Kier molecular flexibility index (Phi) is 1.86. The van der Waals surface area contributed by atoms with Crippen LogP contribution in [0.25, 0.3) is 10.9 Å². The molecule has 0 radical (unpaired) electrons. The largest absolute Gasteiger partial charge is 0.477 e. The number of aromatic amines is 1. The molecule has 2 rings (SSSR count). The van der Waals surface area contributed by atoms with Gasteiger partial charge in [-0.15, -0.1) is 0 Å². The van der Waals surface area contributed by atoms with Gasteiger partial charge in [0.15, 0.2) is 11.4 Å². The topological polar surface area (TPSA) is 116 Å². The second kappa shape index (κ2) is 3.05. The Balaban J connectivity index is 2.80. The number of aromatic nitrogens is 3. The molecule has 0 atom stereocenters. The van der Waals surface area contributed by atoms with E-state index in [2.05, 4.69) is 15.2 Å². The van der Waals surface area contributed by atoms with Gasteiger partial charge < -0.3 is 10.2 Å². The van der Waals surface area contributed by atoms with Gasteiger partial charge in [-0.1, -0.05) is 0 Å². The van der Waals surface area contributed by atoms with Crippen molar-refractivity contribution in [2.45, 2.75) is 0 Å². The first-order valence-electron chi connectivity index (χ1n) is 3.90. The number of carbonyl (C=O) groups is 2. The lowest BCUT2D eigenvalue weighted by Gasteiger charge is -1.98. The molecule has 2 aromatic heterocycles. The zero-order valence-corrected chi connectivity index (χ0v) is 7.26. The normalized spacial score (nSPS) is 10.4. The van der Waals surface area contributed by atoms with E-state index in [9.17, 15) is 9.59 Å². The van der Waals surface area contributed by atoms with Gasteiger partial charge in [-0.25, -0.2) is 14.6 Å². The fourth-order valence-corrected chi connectivity index (χ4v) is 1.22. The van der Waals surface area contributed by atoms with E-state index >= 15 is 0 Å². The minimum Gasteiger partial charge on any atom is -0.477 e. The summed E-state index contributed by atoms with van der Waals surface area (Å²) < 4.78 is 0. The molecule has 0 amide bonds. The molecular formula is C8H5N3O4. The zero-order chi connectivity index (χ0) is 11.0. The quantitative estimate of drug-likeness (QED) is 0.654.